The van der Waals surface area contributed by atoms with Gasteiger partial charge in [0.25, 0.3) is 0 Å². The second-order valence-electron chi connectivity index (χ2n) is 5.09. The number of nitrogens with one attached hydrogen (secondary N) is 1. The van der Waals surface area contributed by atoms with E-state index < -0.39 is 0 Å². The van der Waals surface area contributed by atoms with Crippen LogP contribution in [0.15, 0.2) is 5.10 Å². The van der Waals surface area contributed by atoms with Gasteiger partial charge < -0.3 is 5.32 Å². The Hall–Kier alpha value is -0.650. The van der Waals surface area contributed by atoms with Gasteiger partial charge in [0, 0.05) is 51.9 Å². The molecule has 0 amide bonds. The lowest BCUT2D eigenvalue weighted by atomic mass is 10.1. The van der Waals surface area contributed by atoms with Crippen molar-refractivity contribution in [3.63, 3.8) is 0 Å². The van der Waals surface area contributed by atoms with E-state index in [0.29, 0.717) is 0 Å². The molecule has 3 aliphatic rings. The maximum Gasteiger partial charge on any atom is 0.192 e. The highest BCUT2D eigenvalue weighted by molar-refractivity contribution is 5.58. The zero-order valence-corrected chi connectivity index (χ0v) is 10.4. The summed E-state index contributed by atoms with van der Waals surface area (Å²) in [6, 6.07) is 0. The molecule has 3 aliphatic heterocycles. The van der Waals surface area contributed by atoms with Crippen LogP contribution in [-0.4, -0.2) is 61.2 Å². The molecular weight excluding hydrogens is 214 g/mol. The summed E-state index contributed by atoms with van der Waals surface area (Å²) in [5.74, 6) is -0.189. The van der Waals surface area contributed by atoms with Crippen molar-refractivity contribution >= 4 is 6.21 Å². The summed E-state index contributed by atoms with van der Waals surface area (Å²) in [7, 11) is 0. The van der Waals surface area contributed by atoms with Gasteiger partial charge in [0.05, 0.1) is 0 Å². The van der Waals surface area contributed by atoms with Crippen LogP contribution < -0.4 is 10.6 Å². The number of hydrazone groups is 1. The third-order valence-electron chi connectivity index (χ3n) is 3.98. The first-order chi connectivity index (χ1) is 8.42. The number of hydrogen-bond donors (Lipinski definition) is 1. The van der Waals surface area contributed by atoms with Crippen LogP contribution in [0.1, 0.15) is 25.7 Å². The first kappa shape index (κ1) is 11.4. The predicted molar refractivity (Wildman–Crippen MR) is 67.8 cm³/mol. The van der Waals surface area contributed by atoms with Gasteiger partial charge in [0.2, 0.25) is 0 Å². The number of piperazine rings is 1. The van der Waals surface area contributed by atoms with E-state index in [-0.39, 0.29) is 5.79 Å². The van der Waals surface area contributed by atoms with Gasteiger partial charge in [0.1, 0.15) is 0 Å². The maximum atomic E-state index is 4.94. The lowest BCUT2D eigenvalue weighted by Gasteiger charge is -2.51. The van der Waals surface area contributed by atoms with Gasteiger partial charge in [-0.05, 0) is 12.8 Å². The van der Waals surface area contributed by atoms with Gasteiger partial charge in [-0.3, -0.25) is 9.91 Å². The van der Waals surface area contributed by atoms with Crippen LogP contribution >= 0.6 is 0 Å². The molecule has 0 aromatic heterocycles. The zero-order chi connectivity index (χ0) is 11.6. The molecule has 5 heteroatoms. The van der Waals surface area contributed by atoms with Gasteiger partial charge >= 0.3 is 0 Å². The molecule has 3 rings (SSSR count). The van der Waals surface area contributed by atoms with Crippen LogP contribution in [0, 0.1) is 0 Å². The van der Waals surface area contributed by atoms with E-state index in [2.05, 4.69) is 20.3 Å². The smallest absolute Gasteiger partial charge is 0.192 e. The molecule has 17 heavy (non-hydrogen) atoms. The fourth-order valence-electron chi connectivity index (χ4n) is 3.09. The second kappa shape index (κ2) is 4.92. The molecule has 0 bridgehead atoms. The van der Waals surface area contributed by atoms with Gasteiger partial charge in [-0.2, -0.15) is 10.4 Å². The van der Waals surface area contributed by atoms with Crippen molar-refractivity contribution in [2.75, 3.05) is 39.3 Å². The molecule has 1 N–H and O–H groups in total. The Balaban J connectivity index is 1.80. The predicted octanol–water partition coefficient (Wildman–Crippen LogP) is 0.0252. The Bertz CT molecular complexity index is 279. The van der Waals surface area contributed by atoms with Crippen LogP contribution in [0.5, 0.6) is 0 Å². The molecule has 2 fully saturated rings. The summed E-state index contributed by atoms with van der Waals surface area (Å²) in [6.07, 6.45) is 7.05. The van der Waals surface area contributed by atoms with E-state index in [1.807, 2.05) is 6.21 Å². The molecule has 1 radical (unpaired) electrons. The zero-order valence-electron chi connectivity index (χ0n) is 10.4. The molecule has 0 aromatic carbocycles. The minimum atomic E-state index is -0.189. The Morgan fingerprint density at radius 3 is 2.65 bits per heavy atom. The van der Waals surface area contributed by atoms with E-state index >= 15 is 0 Å². The Morgan fingerprint density at radius 1 is 1.12 bits per heavy atom. The normalized spacial score (nSPS) is 35.4. The average Bonchev–Trinajstić information content (AvgIpc) is 2.95. The minimum Gasteiger partial charge on any atom is -0.310 e. The molecule has 0 saturated carbocycles. The summed E-state index contributed by atoms with van der Waals surface area (Å²) in [5.41, 5.74) is 0. The minimum absolute atomic E-state index is 0.189. The van der Waals surface area contributed by atoms with Gasteiger partial charge in [-0.25, -0.2) is 0 Å². The molecule has 5 nitrogen and oxygen atoms in total. The highest BCUT2D eigenvalue weighted by Crippen LogP contribution is 2.26. The topological polar surface area (TPSA) is 45.0 Å². The first-order valence-electron chi connectivity index (χ1n) is 6.86. The molecule has 3 heterocycles. The van der Waals surface area contributed by atoms with Crippen molar-refractivity contribution in [3.05, 3.63) is 0 Å². The average molecular weight is 236 g/mol. The number of nitrogens with zero attached hydrogens (tertiary/aromatic N) is 4. The Morgan fingerprint density at radius 2 is 2.00 bits per heavy atom. The Labute approximate surface area is 103 Å². The largest absolute Gasteiger partial charge is 0.310 e. The van der Waals surface area contributed by atoms with Crippen LogP contribution in [0.2, 0.25) is 0 Å². The standard InChI is InChI=1S/C12H22N5/c1-2-8-16(9-3-1)12(11-13-6-7-14-12)17-10-4-5-15-17/h5,13H,1-4,6-11H2. The molecule has 95 valence electrons. The number of hydrogen-bond acceptors (Lipinski definition) is 4. The van der Waals surface area contributed by atoms with Crippen molar-refractivity contribution in [1.29, 1.82) is 0 Å². The molecular formula is C12H22N5. The second-order valence-corrected chi connectivity index (χ2v) is 5.09. The molecule has 2 saturated heterocycles. The van der Waals surface area contributed by atoms with Crippen molar-refractivity contribution in [1.82, 2.24) is 20.5 Å². The number of rotatable bonds is 2. The van der Waals surface area contributed by atoms with Crippen molar-refractivity contribution in [2.45, 2.75) is 31.5 Å². The third kappa shape index (κ3) is 2.07. The van der Waals surface area contributed by atoms with Crippen molar-refractivity contribution in [2.24, 2.45) is 5.10 Å². The lowest BCUT2D eigenvalue weighted by Crippen LogP contribution is -2.72. The van der Waals surface area contributed by atoms with E-state index in [0.717, 1.165) is 45.7 Å². The lowest BCUT2D eigenvalue weighted by molar-refractivity contribution is -0.0982. The quantitative estimate of drug-likeness (QED) is 0.735. The van der Waals surface area contributed by atoms with Gasteiger partial charge in [-0.1, -0.05) is 6.42 Å². The summed E-state index contributed by atoms with van der Waals surface area (Å²) in [5, 5.41) is 15.2. The monoisotopic (exact) mass is 236 g/mol. The first-order valence-corrected chi connectivity index (χ1v) is 6.86. The summed E-state index contributed by atoms with van der Waals surface area (Å²) >= 11 is 0. The van der Waals surface area contributed by atoms with Crippen LogP contribution in [0.3, 0.4) is 0 Å². The summed E-state index contributed by atoms with van der Waals surface area (Å²) in [4.78, 5) is 2.53. The molecule has 0 aliphatic carbocycles. The van der Waals surface area contributed by atoms with Crippen LogP contribution in [-0.2, 0) is 0 Å². The van der Waals surface area contributed by atoms with E-state index in [9.17, 15) is 0 Å². The molecule has 0 spiro atoms. The van der Waals surface area contributed by atoms with E-state index in [1.165, 1.54) is 19.3 Å². The van der Waals surface area contributed by atoms with Gasteiger partial charge in [-0.15, -0.1) is 0 Å². The Kier molecular flexibility index (Phi) is 3.31. The van der Waals surface area contributed by atoms with Crippen LogP contribution in [0.4, 0.5) is 0 Å². The molecule has 1 atom stereocenters. The highest BCUT2D eigenvalue weighted by Gasteiger charge is 2.45. The highest BCUT2D eigenvalue weighted by atomic mass is 15.7. The van der Waals surface area contributed by atoms with E-state index in [1.54, 1.807) is 0 Å². The summed E-state index contributed by atoms with van der Waals surface area (Å²) < 4.78 is 0. The molecule has 1 unspecified atom stereocenters. The number of likely N-dealkylation sites (tertiary alicyclic amines) is 1. The van der Waals surface area contributed by atoms with Crippen LogP contribution in [0.25, 0.3) is 0 Å². The fraction of sp³-hybridized carbons (Fsp3) is 0.917. The van der Waals surface area contributed by atoms with Crippen molar-refractivity contribution < 1.29 is 0 Å². The van der Waals surface area contributed by atoms with E-state index in [4.69, 9.17) is 5.32 Å². The van der Waals surface area contributed by atoms with Crippen molar-refractivity contribution in [3.8, 4) is 0 Å². The SMILES string of the molecule is C1=NN(C2(N3CCCCC3)CNCC[N]2)CC1. The maximum absolute atomic E-state index is 4.94. The van der Waals surface area contributed by atoms with Gasteiger partial charge in [0.15, 0.2) is 5.79 Å². The third-order valence-corrected chi connectivity index (χ3v) is 3.98. The molecule has 0 aromatic rings. The summed E-state index contributed by atoms with van der Waals surface area (Å²) in [6.45, 7) is 6.18. The number of piperidine rings is 1. The fourth-order valence-corrected chi connectivity index (χ4v) is 3.09.